The zero-order valence-corrected chi connectivity index (χ0v) is 11.2. The number of fused-ring (bicyclic) bond motifs is 1. The Balaban J connectivity index is 2.18. The van der Waals surface area contributed by atoms with Crippen LogP contribution in [-0.2, 0) is 0 Å². The maximum absolute atomic E-state index is 12.4. The summed E-state index contributed by atoms with van der Waals surface area (Å²) >= 11 is 5.20. The van der Waals surface area contributed by atoms with Gasteiger partial charge in [-0.25, -0.2) is 0 Å². The first-order chi connectivity index (χ1) is 9.15. The zero-order valence-electron chi connectivity index (χ0n) is 10.4. The Morgan fingerprint density at radius 3 is 3.05 bits per heavy atom. The fourth-order valence-corrected chi connectivity index (χ4v) is 2.25. The Bertz CT molecular complexity index is 789. The fourth-order valence-electron chi connectivity index (χ4n) is 2.01. The lowest BCUT2D eigenvalue weighted by atomic mass is 10.2. The van der Waals surface area contributed by atoms with Crippen molar-refractivity contribution in [3.05, 3.63) is 38.9 Å². The van der Waals surface area contributed by atoms with Crippen LogP contribution in [0.25, 0.3) is 10.9 Å². The van der Waals surface area contributed by atoms with Crippen molar-refractivity contribution in [1.82, 2.24) is 15.0 Å². The Labute approximate surface area is 114 Å². The van der Waals surface area contributed by atoms with E-state index >= 15 is 0 Å². The number of nitrogens with zero attached hydrogens (tertiary/aromatic N) is 2. The van der Waals surface area contributed by atoms with Gasteiger partial charge in [-0.2, -0.15) is 4.68 Å². The number of hydrogen-bond donors (Lipinski definition) is 3. The van der Waals surface area contributed by atoms with Crippen molar-refractivity contribution in [1.29, 1.82) is 0 Å². The largest absolute Gasteiger partial charge is 0.353 e. The second kappa shape index (κ2) is 4.51. The molecule has 1 aliphatic heterocycles. The minimum atomic E-state index is -0.182. The fraction of sp³-hybridized carbons (Fsp3) is 0.250. The highest BCUT2D eigenvalue weighted by Gasteiger charge is 2.09. The average molecular weight is 275 g/mol. The van der Waals surface area contributed by atoms with E-state index in [2.05, 4.69) is 20.7 Å². The van der Waals surface area contributed by atoms with Gasteiger partial charge < -0.3 is 10.3 Å². The first-order valence-electron chi connectivity index (χ1n) is 5.96. The van der Waals surface area contributed by atoms with Crippen molar-refractivity contribution in [3.63, 3.8) is 0 Å². The summed E-state index contributed by atoms with van der Waals surface area (Å²) < 4.78 is 1.62. The maximum Gasteiger partial charge on any atom is 0.281 e. The molecular weight excluding hydrogens is 262 g/mol. The lowest BCUT2D eigenvalue weighted by Gasteiger charge is -2.10. The number of aliphatic imine (C=N–C) groups is 1. The topological polar surface area (TPSA) is 74.2 Å². The predicted octanol–water partition coefficient (Wildman–Crippen LogP) is 0.870. The Morgan fingerprint density at radius 1 is 1.47 bits per heavy atom. The summed E-state index contributed by atoms with van der Waals surface area (Å²) in [7, 11) is 0. The van der Waals surface area contributed by atoms with Gasteiger partial charge in [0.2, 0.25) is 5.96 Å². The normalized spacial score (nSPS) is 14.3. The molecule has 19 heavy (non-hydrogen) atoms. The number of aromatic amines is 1. The van der Waals surface area contributed by atoms with Crippen molar-refractivity contribution >= 4 is 29.1 Å². The molecule has 3 rings (SSSR count). The summed E-state index contributed by atoms with van der Waals surface area (Å²) in [5.74, 6) is 0.564. The molecule has 2 aromatic rings. The lowest BCUT2D eigenvalue weighted by Crippen LogP contribution is -2.39. The summed E-state index contributed by atoms with van der Waals surface area (Å²) in [5, 5.41) is 3.63. The van der Waals surface area contributed by atoms with Gasteiger partial charge in [0.1, 0.15) is 0 Å². The van der Waals surface area contributed by atoms with Gasteiger partial charge in [0.15, 0.2) is 4.77 Å². The van der Waals surface area contributed by atoms with Gasteiger partial charge in [-0.1, -0.05) is 11.6 Å². The molecule has 0 radical (unpaired) electrons. The van der Waals surface area contributed by atoms with Crippen LogP contribution in [0, 0.1) is 11.7 Å². The molecule has 6 nitrogen and oxygen atoms in total. The van der Waals surface area contributed by atoms with Gasteiger partial charge >= 0.3 is 0 Å². The summed E-state index contributed by atoms with van der Waals surface area (Å²) in [4.78, 5) is 19.6. The summed E-state index contributed by atoms with van der Waals surface area (Å²) in [6.45, 7) is 3.40. The van der Waals surface area contributed by atoms with Crippen LogP contribution in [0.5, 0.6) is 0 Å². The smallest absolute Gasteiger partial charge is 0.281 e. The van der Waals surface area contributed by atoms with Gasteiger partial charge in [-0.15, -0.1) is 0 Å². The quantitative estimate of drug-likeness (QED) is 0.675. The molecule has 0 unspecified atom stereocenters. The molecule has 0 saturated carbocycles. The minimum absolute atomic E-state index is 0.182. The van der Waals surface area contributed by atoms with Crippen molar-refractivity contribution in [2.45, 2.75) is 6.92 Å². The number of benzene rings is 1. The molecule has 98 valence electrons. The van der Waals surface area contributed by atoms with Crippen molar-refractivity contribution < 1.29 is 0 Å². The van der Waals surface area contributed by atoms with E-state index < -0.39 is 0 Å². The monoisotopic (exact) mass is 275 g/mol. The zero-order chi connectivity index (χ0) is 13.4. The van der Waals surface area contributed by atoms with Gasteiger partial charge in [0.05, 0.1) is 17.4 Å². The SMILES string of the molecule is Cc1ccc2[nH]c(=S)n(NC3=NCCN3)c(=O)c2c1. The van der Waals surface area contributed by atoms with Gasteiger partial charge in [-0.3, -0.25) is 15.2 Å². The van der Waals surface area contributed by atoms with E-state index in [1.807, 2.05) is 25.1 Å². The second-order valence-corrected chi connectivity index (χ2v) is 4.78. The lowest BCUT2D eigenvalue weighted by molar-refractivity contribution is 0.856. The number of nitrogens with one attached hydrogen (secondary N) is 3. The van der Waals surface area contributed by atoms with E-state index in [9.17, 15) is 4.79 Å². The Morgan fingerprint density at radius 2 is 2.32 bits per heavy atom. The van der Waals surface area contributed by atoms with Crippen LogP contribution in [0.3, 0.4) is 0 Å². The molecule has 0 atom stereocenters. The molecule has 0 aliphatic carbocycles. The van der Waals surface area contributed by atoms with Crippen molar-refractivity contribution in [2.24, 2.45) is 4.99 Å². The van der Waals surface area contributed by atoms with Gasteiger partial charge in [-0.05, 0) is 31.3 Å². The van der Waals surface area contributed by atoms with Crippen molar-refractivity contribution in [3.8, 4) is 0 Å². The Kier molecular flexibility index (Phi) is 2.83. The summed E-state index contributed by atoms with van der Waals surface area (Å²) in [6, 6.07) is 5.63. The number of aromatic nitrogens is 2. The highest BCUT2D eigenvalue weighted by Crippen LogP contribution is 2.09. The molecule has 1 aromatic carbocycles. The minimum Gasteiger partial charge on any atom is -0.353 e. The third-order valence-corrected chi connectivity index (χ3v) is 3.23. The highest BCUT2D eigenvalue weighted by atomic mass is 32.1. The van der Waals surface area contributed by atoms with E-state index in [4.69, 9.17) is 12.2 Å². The number of hydrogen-bond acceptors (Lipinski definition) is 5. The van der Waals surface area contributed by atoms with Crippen molar-refractivity contribution in [2.75, 3.05) is 18.5 Å². The second-order valence-electron chi connectivity index (χ2n) is 4.39. The van der Waals surface area contributed by atoms with Gasteiger partial charge in [0.25, 0.3) is 5.56 Å². The molecule has 1 aliphatic rings. The molecule has 0 saturated heterocycles. The van der Waals surface area contributed by atoms with E-state index in [1.54, 1.807) is 0 Å². The number of guanidine groups is 1. The summed E-state index contributed by atoms with van der Waals surface area (Å²) in [6.07, 6.45) is 0. The highest BCUT2D eigenvalue weighted by molar-refractivity contribution is 7.71. The van der Waals surface area contributed by atoms with Crippen LogP contribution >= 0.6 is 12.2 Å². The molecular formula is C12H13N5OS. The standard InChI is InChI=1S/C12H13N5OS/c1-7-2-3-9-8(6-7)10(18)17(12(19)15-9)16-11-13-4-5-14-11/h2-3,6H,4-5H2,1H3,(H,15,19)(H2,13,14,16). The number of aryl methyl sites for hydroxylation is 1. The molecule has 0 amide bonds. The van der Waals surface area contributed by atoms with Crippen LogP contribution < -0.4 is 16.3 Å². The Hall–Kier alpha value is -2.15. The van der Waals surface area contributed by atoms with Gasteiger partial charge in [0, 0.05) is 6.54 Å². The van der Waals surface area contributed by atoms with Crippen LogP contribution in [0.1, 0.15) is 5.56 Å². The molecule has 0 fully saturated rings. The van der Waals surface area contributed by atoms with E-state index in [0.29, 0.717) is 22.7 Å². The first-order valence-corrected chi connectivity index (χ1v) is 6.37. The third-order valence-electron chi connectivity index (χ3n) is 2.95. The molecule has 3 N–H and O–H groups in total. The summed E-state index contributed by atoms with van der Waals surface area (Å²) in [5.41, 5.74) is 4.48. The van der Waals surface area contributed by atoms with E-state index in [0.717, 1.165) is 17.6 Å². The maximum atomic E-state index is 12.4. The van der Waals surface area contributed by atoms with E-state index in [1.165, 1.54) is 4.68 Å². The molecule has 2 heterocycles. The van der Waals surface area contributed by atoms with Crippen LogP contribution in [0.15, 0.2) is 28.0 Å². The number of H-pyrrole nitrogens is 1. The van der Waals surface area contributed by atoms with Crippen LogP contribution in [0.2, 0.25) is 0 Å². The molecule has 7 heteroatoms. The van der Waals surface area contributed by atoms with E-state index in [-0.39, 0.29) is 5.56 Å². The first kappa shape index (κ1) is 11.9. The molecule has 0 spiro atoms. The number of rotatable bonds is 1. The molecule has 0 bridgehead atoms. The third kappa shape index (κ3) is 2.12. The average Bonchev–Trinajstić information content (AvgIpc) is 2.89. The molecule has 1 aromatic heterocycles. The van der Waals surface area contributed by atoms with Crippen LogP contribution in [-0.4, -0.2) is 28.7 Å². The predicted molar refractivity (Wildman–Crippen MR) is 77.8 cm³/mol. The van der Waals surface area contributed by atoms with Crippen LogP contribution in [0.4, 0.5) is 0 Å².